The van der Waals surface area contributed by atoms with Crippen molar-refractivity contribution in [3.05, 3.63) is 35.1 Å². The monoisotopic (exact) mass is 255 g/mol. The maximum Gasteiger partial charge on any atom is 0.138 e. The summed E-state index contributed by atoms with van der Waals surface area (Å²) in [4.78, 5) is 1.72. The Bertz CT molecular complexity index is 406. The predicted molar refractivity (Wildman–Crippen MR) is 66.9 cm³/mol. The Hall–Kier alpha value is -1.50. The van der Waals surface area contributed by atoms with Crippen LogP contribution in [-0.2, 0) is 6.54 Å². The van der Waals surface area contributed by atoms with Crippen molar-refractivity contribution in [2.75, 3.05) is 26.3 Å². The lowest BCUT2D eigenvalue weighted by atomic mass is 10.1. The summed E-state index contributed by atoms with van der Waals surface area (Å²) in [5, 5.41) is 25.0. The van der Waals surface area contributed by atoms with Gasteiger partial charge in [-0.1, -0.05) is 12.1 Å². The quantitative estimate of drug-likeness (QED) is 0.404. The van der Waals surface area contributed by atoms with Crippen LogP contribution in [0.2, 0.25) is 0 Å². The van der Waals surface area contributed by atoms with Crippen LogP contribution in [0, 0.1) is 11.2 Å². The number of hydrogen-bond donors (Lipinski definition) is 4. The normalized spacial score (nSPS) is 10.9. The van der Waals surface area contributed by atoms with E-state index in [1.54, 1.807) is 17.0 Å². The average molecular weight is 255 g/mol. The summed E-state index contributed by atoms with van der Waals surface area (Å²) >= 11 is 0. The van der Waals surface area contributed by atoms with Crippen LogP contribution in [-0.4, -0.2) is 47.3 Å². The highest BCUT2D eigenvalue weighted by atomic mass is 19.1. The van der Waals surface area contributed by atoms with E-state index < -0.39 is 5.82 Å². The molecule has 0 spiro atoms. The number of aliphatic hydroxyl groups excluding tert-OH is 2. The zero-order valence-electron chi connectivity index (χ0n) is 10.1. The molecule has 0 aliphatic heterocycles. The molecule has 0 bridgehead atoms. The van der Waals surface area contributed by atoms with E-state index in [1.807, 2.05) is 0 Å². The third kappa shape index (κ3) is 3.76. The maximum atomic E-state index is 14.0. The van der Waals surface area contributed by atoms with Crippen LogP contribution in [0.5, 0.6) is 0 Å². The molecule has 0 saturated heterocycles. The highest BCUT2D eigenvalue weighted by Gasteiger charge is 2.13. The third-order valence-corrected chi connectivity index (χ3v) is 2.60. The summed E-state index contributed by atoms with van der Waals surface area (Å²) in [6.07, 6.45) is 0. The molecule has 1 aromatic carbocycles. The van der Waals surface area contributed by atoms with Gasteiger partial charge in [0.05, 0.1) is 18.8 Å². The van der Waals surface area contributed by atoms with Crippen LogP contribution in [0.4, 0.5) is 4.39 Å². The van der Waals surface area contributed by atoms with Gasteiger partial charge in [-0.05, 0) is 6.07 Å². The van der Waals surface area contributed by atoms with Gasteiger partial charge in [0, 0.05) is 25.2 Å². The minimum atomic E-state index is -0.522. The average Bonchev–Trinajstić information content (AvgIpc) is 2.32. The number of amidine groups is 1. The second-order valence-corrected chi connectivity index (χ2v) is 3.92. The Morgan fingerprint density at radius 3 is 2.39 bits per heavy atom. The third-order valence-electron chi connectivity index (χ3n) is 2.60. The summed E-state index contributed by atoms with van der Waals surface area (Å²) in [5.41, 5.74) is 5.74. The summed E-state index contributed by atoms with van der Waals surface area (Å²) in [7, 11) is 0. The molecule has 1 rings (SSSR count). The van der Waals surface area contributed by atoms with Gasteiger partial charge in [-0.2, -0.15) is 0 Å². The van der Waals surface area contributed by atoms with E-state index in [-0.39, 0.29) is 31.2 Å². The van der Waals surface area contributed by atoms with E-state index in [0.717, 1.165) is 0 Å². The summed E-state index contributed by atoms with van der Waals surface area (Å²) in [6, 6.07) is 4.68. The maximum absolute atomic E-state index is 14.0. The van der Waals surface area contributed by atoms with Gasteiger partial charge in [-0.15, -0.1) is 0 Å². The molecule has 0 atom stereocenters. The topological polar surface area (TPSA) is 93.6 Å². The lowest BCUT2D eigenvalue weighted by Crippen LogP contribution is -2.30. The van der Waals surface area contributed by atoms with Gasteiger partial charge in [0.2, 0.25) is 0 Å². The molecule has 0 fully saturated rings. The molecule has 18 heavy (non-hydrogen) atoms. The van der Waals surface area contributed by atoms with Crippen molar-refractivity contribution < 1.29 is 14.6 Å². The molecule has 0 heterocycles. The molecule has 0 unspecified atom stereocenters. The van der Waals surface area contributed by atoms with Crippen LogP contribution >= 0.6 is 0 Å². The first-order valence-corrected chi connectivity index (χ1v) is 5.66. The molecule has 0 radical (unpaired) electrons. The zero-order chi connectivity index (χ0) is 13.5. The Labute approximate surface area is 105 Å². The Morgan fingerprint density at radius 1 is 1.28 bits per heavy atom. The first-order valence-electron chi connectivity index (χ1n) is 5.66. The molecule has 0 amide bonds. The molecular formula is C12H18FN3O2. The van der Waals surface area contributed by atoms with Gasteiger partial charge in [0.15, 0.2) is 0 Å². The molecule has 5 nitrogen and oxygen atoms in total. The molecule has 0 aliphatic rings. The zero-order valence-corrected chi connectivity index (χ0v) is 10.1. The van der Waals surface area contributed by atoms with Crippen LogP contribution in [0.25, 0.3) is 0 Å². The Morgan fingerprint density at radius 2 is 1.89 bits per heavy atom. The van der Waals surface area contributed by atoms with Crippen LogP contribution in [0.1, 0.15) is 11.1 Å². The molecule has 6 heteroatoms. The largest absolute Gasteiger partial charge is 0.395 e. The lowest BCUT2D eigenvalue weighted by molar-refractivity contribution is 0.154. The van der Waals surface area contributed by atoms with Crippen LogP contribution in [0.3, 0.4) is 0 Å². The fourth-order valence-corrected chi connectivity index (χ4v) is 1.70. The van der Waals surface area contributed by atoms with Gasteiger partial charge in [-0.3, -0.25) is 10.3 Å². The second-order valence-electron chi connectivity index (χ2n) is 3.92. The smallest absolute Gasteiger partial charge is 0.138 e. The summed E-state index contributed by atoms with van der Waals surface area (Å²) in [5.74, 6) is -0.837. The fraction of sp³-hybridized carbons (Fsp3) is 0.417. The van der Waals surface area contributed by atoms with Gasteiger partial charge < -0.3 is 15.9 Å². The van der Waals surface area contributed by atoms with Crippen molar-refractivity contribution in [2.24, 2.45) is 5.73 Å². The van der Waals surface area contributed by atoms with Crippen molar-refractivity contribution >= 4 is 5.84 Å². The SMILES string of the molecule is N=C(N)c1cccc(CN(CCO)CCO)c1F. The number of aliphatic hydroxyl groups is 2. The van der Waals surface area contributed by atoms with Crippen molar-refractivity contribution in [3.63, 3.8) is 0 Å². The van der Waals surface area contributed by atoms with E-state index in [9.17, 15) is 4.39 Å². The number of hydrogen-bond acceptors (Lipinski definition) is 4. The van der Waals surface area contributed by atoms with Crippen molar-refractivity contribution in [1.29, 1.82) is 5.41 Å². The van der Waals surface area contributed by atoms with E-state index in [4.69, 9.17) is 21.4 Å². The number of halogens is 1. The minimum Gasteiger partial charge on any atom is -0.395 e. The van der Waals surface area contributed by atoms with Crippen molar-refractivity contribution in [2.45, 2.75) is 6.54 Å². The molecule has 5 N–H and O–H groups in total. The highest BCUT2D eigenvalue weighted by Crippen LogP contribution is 2.14. The highest BCUT2D eigenvalue weighted by molar-refractivity contribution is 5.95. The molecule has 0 saturated carbocycles. The number of nitrogens with zero attached hydrogens (tertiary/aromatic N) is 1. The van der Waals surface area contributed by atoms with Gasteiger partial charge in [0.25, 0.3) is 0 Å². The van der Waals surface area contributed by atoms with Crippen molar-refractivity contribution in [3.8, 4) is 0 Å². The number of rotatable bonds is 7. The fourth-order valence-electron chi connectivity index (χ4n) is 1.70. The number of nitrogen functional groups attached to an aromatic ring is 1. The summed E-state index contributed by atoms with van der Waals surface area (Å²) in [6.45, 7) is 0.838. The minimum absolute atomic E-state index is 0.0615. The van der Waals surface area contributed by atoms with Gasteiger partial charge in [0.1, 0.15) is 11.7 Å². The van der Waals surface area contributed by atoms with Gasteiger partial charge >= 0.3 is 0 Å². The molecule has 0 aromatic heterocycles. The van der Waals surface area contributed by atoms with Gasteiger partial charge in [-0.25, -0.2) is 4.39 Å². The molecule has 0 aliphatic carbocycles. The molecule has 1 aromatic rings. The van der Waals surface area contributed by atoms with Crippen LogP contribution < -0.4 is 5.73 Å². The van der Waals surface area contributed by atoms with E-state index in [2.05, 4.69) is 0 Å². The Balaban J connectivity index is 2.88. The second kappa shape index (κ2) is 7.05. The molecular weight excluding hydrogens is 237 g/mol. The van der Waals surface area contributed by atoms with E-state index >= 15 is 0 Å². The lowest BCUT2D eigenvalue weighted by Gasteiger charge is -2.20. The first-order chi connectivity index (χ1) is 8.60. The Kier molecular flexibility index (Phi) is 5.70. The van der Waals surface area contributed by atoms with E-state index in [0.29, 0.717) is 18.7 Å². The number of benzene rings is 1. The first kappa shape index (κ1) is 14.6. The van der Waals surface area contributed by atoms with Crippen molar-refractivity contribution in [1.82, 2.24) is 4.90 Å². The van der Waals surface area contributed by atoms with Crippen LogP contribution in [0.15, 0.2) is 18.2 Å². The van der Waals surface area contributed by atoms with E-state index in [1.165, 1.54) is 6.07 Å². The summed E-state index contributed by atoms with van der Waals surface area (Å²) < 4.78 is 14.0. The standard InChI is InChI=1S/C12H18FN3O2/c13-11-9(2-1-3-10(11)12(14)15)8-16(4-6-17)5-7-18/h1-3,17-18H,4-8H2,(H3,14,15). The molecule has 100 valence electrons. The number of nitrogens with one attached hydrogen (secondary N) is 1. The predicted octanol–water partition coefficient (Wildman–Crippen LogP) is -0.104. The number of nitrogens with two attached hydrogens (primary N) is 1.